The molecule has 18 heavy (non-hydrogen) atoms. The maximum atomic E-state index is 5.55. The Hall–Kier alpha value is -1.53. The molecule has 0 spiro atoms. The van der Waals surface area contributed by atoms with E-state index in [4.69, 9.17) is 4.74 Å². The van der Waals surface area contributed by atoms with Gasteiger partial charge in [-0.2, -0.15) is 0 Å². The molecule has 1 aromatic rings. The third-order valence-electron chi connectivity index (χ3n) is 2.07. The van der Waals surface area contributed by atoms with Gasteiger partial charge in [-0.1, -0.05) is 43.8 Å². The van der Waals surface area contributed by atoms with Crippen LogP contribution in [0.2, 0.25) is 19.6 Å². The highest BCUT2D eigenvalue weighted by Gasteiger charge is 2.07. The topological polar surface area (TPSA) is 21.6 Å². The van der Waals surface area contributed by atoms with Gasteiger partial charge in [0.15, 0.2) is 0 Å². The number of aliphatic imine (C=N–C) groups is 1. The number of nitrogens with zero attached hydrogens (tertiary/aromatic N) is 1. The predicted molar refractivity (Wildman–Crippen MR) is 80.6 cm³/mol. The highest BCUT2D eigenvalue weighted by atomic mass is 28.3. The quantitative estimate of drug-likeness (QED) is 0.353. The first-order valence-corrected chi connectivity index (χ1v) is 9.75. The Bertz CT molecular complexity index is 449. The maximum absolute atomic E-state index is 5.55. The predicted octanol–water partition coefficient (Wildman–Crippen LogP) is 3.35. The van der Waals surface area contributed by atoms with Crippen molar-refractivity contribution in [3.63, 3.8) is 0 Å². The molecule has 3 heteroatoms. The van der Waals surface area contributed by atoms with Crippen LogP contribution in [-0.4, -0.2) is 27.1 Å². The van der Waals surface area contributed by atoms with E-state index in [1.165, 1.54) is 0 Å². The molecular formula is C15H21NOSi. The van der Waals surface area contributed by atoms with Crippen LogP contribution < -0.4 is 0 Å². The van der Waals surface area contributed by atoms with Crippen molar-refractivity contribution in [2.24, 2.45) is 4.99 Å². The minimum Gasteiger partial charge on any atom is -0.478 e. The molecule has 0 amide bonds. The van der Waals surface area contributed by atoms with E-state index in [1.807, 2.05) is 37.3 Å². The SMILES string of the molecule is CCOC(=NCC#C[Si](C)(C)C)c1ccccc1. The number of rotatable bonds is 3. The molecular weight excluding hydrogens is 238 g/mol. The standard InChI is InChI=1S/C15H21NOSi/c1-5-17-15(14-10-7-6-8-11-14)16-12-9-13-18(2,3)4/h6-8,10-11H,5,12H2,1-4H3. The summed E-state index contributed by atoms with van der Waals surface area (Å²) in [6.45, 7) is 9.77. The highest BCUT2D eigenvalue weighted by molar-refractivity contribution is 6.83. The van der Waals surface area contributed by atoms with Gasteiger partial charge in [-0.3, -0.25) is 0 Å². The number of hydrogen-bond donors (Lipinski definition) is 0. The van der Waals surface area contributed by atoms with Crippen LogP contribution in [0, 0.1) is 11.5 Å². The van der Waals surface area contributed by atoms with Gasteiger partial charge >= 0.3 is 0 Å². The Morgan fingerprint density at radius 1 is 1.22 bits per heavy atom. The molecule has 0 saturated carbocycles. The fourth-order valence-corrected chi connectivity index (χ4v) is 1.96. The smallest absolute Gasteiger partial charge is 0.217 e. The van der Waals surface area contributed by atoms with Gasteiger partial charge in [-0.15, -0.1) is 5.54 Å². The summed E-state index contributed by atoms with van der Waals surface area (Å²) in [7, 11) is -1.30. The fourth-order valence-electron chi connectivity index (χ4n) is 1.35. The van der Waals surface area contributed by atoms with Crippen LogP contribution >= 0.6 is 0 Å². The van der Waals surface area contributed by atoms with Crippen molar-refractivity contribution in [2.75, 3.05) is 13.2 Å². The molecule has 0 unspecified atom stereocenters. The molecule has 2 nitrogen and oxygen atoms in total. The first kappa shape index (κ1) is 14.5. The molecule has 0 radical (unpaired) electrons. The summed E-state index contributed by atoms with van der Waals surface area (Å²) in [6.07, 6.45) is 0. The molecule has 0 fully saturated rings. The molecule has 0 aliphatic rings. The Morgan fingerprint density at radius 3 is 2.44 bits per heavy atom. The molecule has 0 saturated heterocycles. The molecule has 0 N–H and O–H groups in total. The monoisotopic (exact) mass is 259 g/mol. The van der Waals surface area contributed by atoms with Crippen LogP contribution in [0.5, 0.6) is 0 Å². The molecule has 1 aromatic carbocycles. The summed E-state index contributed by atoms with van der Waals surface area (Å²) in [6, 6.07) is 9.95. The van der Waals surface area contributed by atoms with E-state index in [0.29, 0.717) is 19.0 Å². The summed E-state index contributed by atoms with van der Waals surface area (Å²) in [4.78, 5) is 4.43. The molecule has 0 aromatic heterocycles. The van der Waals surface area contributed by atoms with E-state index < -0.39 is 8.07 Å². The van der Waals surface area contributed by atoms with Gasteiger partial charge in [0, 0.05) is 5.56 Å². The van der Waals surface area contributed by atoms with Crippen molar-refractivity contribution >= 4 is 14.0 Å². The number of hydrogen-bond acceptors (Lipinski definition) is 2. The van der Waals surface area contributed by atoms with E-state index in [2.05, 4.69) is 36.1 Å². The molecule has 0 aliphatic carbocycles. The molecule has 0 heterocycles. The summed E-state index contributed by atoms with van der Waals surface area (Å²) >= 11 is 0. The van der Waals surface area contributed by atoms with Crippen molar-refractivity contribution in [1.82, 2.24) is 0 Å². The lowest BCUT2D eigenvalue weighted by Crippen LogP contribution is -2.16. The molecule has 0 atom stereocenters. The van der Waals surface area contributed by atoms with Crippen molar-refractivity contribution in [2.45, 2.75) is 26.6 Å². The normalized spacial score (nSPS) is 11.7. The second kappa shape index (κ2) is 7.02. The van der Waals surface area contributed by atoms with Gasteiger partial charge < -0.3 is 4.74 Å². The van der Waals surface area contributed by atoms with Crippen LogP contribution in [0.25, 0.3) is 0 Å². The fraction of sp³-hybridized carbons (Fsp3) is 0.400. The van der Waals surface area contributed by atoms with Gasteiger partial charge in [0.2, 0.25) is 5.90 Å². The van der Waals surface area contributed by atoms with Crippen molar-refractivity contribution in [3.05, 3.63) is 35.9 Å². The molecule has 0 aliphatic heterocycles. The highest BCUT2D eigenvalue weighted by Crippen LogP contribution is 2.03. The number of ether oxygens (including phenoxy) is 1. The lowest BCUT2D eigenvalue weighted by molar-refractivity contribution is 0.327. The van der Waals surface area contributed by atoms with E-state index in [0.717, 1.165) is 5.56 Å². The van der Waals surface area contributed by atoms with Crippen LogP contribution in [0.1, 0.15) is 12.5 Å². The molecule has 96 valence electrons. The lowest BCUT2D eigenvalue weighted by Gasteiger charge is -2.06. The zero-order valence-electron chi connectivity index (χ0n) is 11.7. The first-order valence-electron chi connectivity index (χ1n) is 6.25. The number of benzene rings is 1. The zero-order valence-corrected chi connectivity index (χ0v) is 12.7. The van der Waals surface area contributed by atoms with Crippen molar-refractivity contribution in [3.8, 4) is 11.5 Å². The summed E-state index contributed by atoms with van der Waals surface area (Å²) in [5, 5.41) is 0. The van der Waals surface area contributed by atoms with Gasteiger partial charge in [-0.25, -0.2) is 4.99 Å². The minimum atomic E-state index is -1.30. The van der Waals surface area contributed by atoms with Crippen LogP contribution in [0.15, 0.2) is 35.3 Å². The van der Waals surface area contributed by atoms with E-state index in [1.54, 1.807) is 0 Å². The van der Waals surface area contributed by atoms with E-state index in [9.17, 15) is 0 Å². The van der Waals surface area contributed by atoms with Gasteiger partial charge in [0.05, 0.1) is 6.61 Å². The van der Waals surface area contributed by atoms with E-state index >= 15 is 0 Å². The largest absolute Gasteiger partial charge is 0.478 e. The Balaban J connectivity index is 2.76. The average Bonchev–Trinajstić information content (AvgIpc) is 2.33. The van der Waals surface area contributed by atoms with E-state index in [-0.39, 0.29) is 0 Å². The van der Waals surface area contributed by atoms with Gasteiger partial charge in [-0.05, 0) is 19.1 Å². The molecule has 1 rings (SSSR count). The lowest BCUT2D eigenvalue weighted by atomic mass is 10.2. The zero-order chi connectivity index (χ0) is 13.4. The Kier molecular flexibility index (Phi) is 5.67. The Morgan fingerprint density at radius 2 is 1.89 bits per heavy atom. The molecule has 0 bridgehead atoms. The summed E-state index contributed by atoms with van der Waals surface area (Å²) < 4.78 is 5.55. The van der Waals surface area contributed by atoms with Crippen LogP contribution in [0.3, 0.4) is 0 Å². The van der Waals surface area contributed by atoms with Gasteiger partial charge in [0.25, 0.3) is 0 Å². The second-order valence-corrected chi connectivity index (χ2v) is 9.72. The second-order valence-electron chi connectivity index (χ2n) is 4.97. The third kappa shape index (κ3) is 5.69. The van der Waals surface area contributed by atoms with Gasteiger partial charge in [0.1, 0.15) is 14.6 Å². The first-order chi connectivity index (χ1) is 8.53. The third-order valence-corrected chi connectivity index (χ3v) is 2.99. The summed E-state index contributed by atoms with van der Waals surface area (Å²) in [5.74, 6) is 3.81. The summed E-state index contributed by atoms with van der Waals surface area (Å²) in [5.41, 5.74) is 4.31. The van der Waals surface area contributed by atoms with Crippen molar-refractivity contribution in [1.29, 1.82) is 0 Å². The van der Waals surface area contributed by atoms with Crippen LogP contribution in [-0.2, 0) is 4.74 Å². The maximum Gasteiger partial charge on any atom is 0.217 e. The van der Waals surface area contributed by atoms with Crippen LogP contribution in [0.4, 0.5) is 0 Å². The Labute approximate surface area is 111 Å². The average molecular weight is 259 g/mol. The van der Waals surface area contributed by atoms with Crippen molar-refractivity contribution < 1.29 is 4.74 Å². The minimum absolute atomic E-state index is 0.508.